The summed E-state index contributed by atoms with van der Waals surface area (Å²) < 4.78 is 1.75. The molecule has 0 bridgehead atoms. The van der Waals surface area contributed by atoms with Crippen molar-refractivity contribution < 1.29 is 5.11 Å². The van der Waals surface area contributed by atoms with Crippen molar-refractivity contribution in [3.8, 4) is 5.75 Å². The Morgan fingerprint density at radius 1 is 1.33 bits per heavy atom. The molecule has 1 aromatic rings. The van der Waals surface area contributed by atoms with E-state index in [-0.39, 0.29) is 6.04 Å². The molecule has 3 nitrogen and oxygen atoms in total. The molecule has 2 rings (SSSR count). The van der Waals surface area contributed by atoms with Crippen LogP contribution in [0.25, 0.3) is 0 Å². The van der Waals surface area contributed by atoms with Gasteiger partial charge >= 0.3 is 0 Å². The molecule has 0 aliphatic carbocycles. The van der Waals surface area contributed by atoms with E-state index in [9.17, 15) is 5.11 Å². The molecular formula is C13H18Br2N2O. The summed E-state index contributed by atoms with van der Waals surface area (Å²) >= 11 is 6.90. The normalized spacial score (nSPS) is 18.8. The molecule has 1 atom stereocenters. The molecule has 0 spiro atoms. The van der Waals surface area contributed by atoms with Crippen molar-refractivity contribution in [3.63, 3.8) is 0 Å². The fraction of sp³-hybridized carbons (Fsp3) is 0.538. The van der Waals surface area contributed by atoms with Crippen LogP contribution in [-0.4, -0.2) is 36.2 Å². The molecule has 0 aromatic heterocycles. The number of hydrogen-bond donors (Lipinski definition) is 2. The predicted octanol–water partition coefficient (Wildman–Crippen LogP) is 3.27. The third kappa shape index (κ3) is 3.07. The number of phenolic OH excluding ortho intramolecular Hbond substituents is 1. The van der Waals surface area contributed by atoms with Gasteiger partial charge in [0.1, 0.15) is 5.75 Å². The van der Waals surface area contributed by atoms with Gasteiger partial charge < -0.3 is 10.4 Å². The molecule has 1 saturated heterocycles. The van der Waals surface area contributed by atoms with Gasteiger partial charge in [-0.05, 0) is 34.5 Å². The molecule has 2 N–H and O–H groups in total. The molecular weight excluding hydrogens is 360 g/mol. The van der Waals surface area contributed by atoms with Gasteiger partial charge in [-0.2, -0.15) is 0 Å². The van der Waals surface area contributed by atoms with E-state index in [1.807, 2.05) is 12.1 Å². The molecule has 1 aliphatic heterocycles. The number of phenols is 1. The molecule has 0 radical (unpaired) electrons. The van der Waals surface area contributed by atoms with E-state index in [2.05, 4.69) is 49.0 Å². The van der Waals surface area contributed by atoms with Crippen molar-refractivity contribution in [3.05, 3.63) is 26.6 Å². The smallest absolute Gasteiger partial charge is 0.134 e. The highest BCUT2D eigenvalue weighted by atomic mass is 79.9. The van der Waals surface area contributed by atoms with E-state index >= 15 is 0 Å². The highest BCUT2D eigenvalue weighted by Crippen LogP contribution is 2.38. The minimum absolute atomic E-state index is 0.279. The van der Waals surface area contributed by atoms with Crippen LogP contribution in [0.1, 0.15) is 24.9 Å². The number of nitrogens with one attached hydrogen (secondary N) is 1. The number of halogens is 2. The summed E-state index contributed by atoms with van der Waals surface area (Å²) in [6, 6.07) is 4.18. The summed E-state index contributed by atoms with van der Waals surface area (Å²) in [4.78, 5) is 2.43. The largest absolute Gasteiger partial charge is 0.506 e. The molecule has 1 fully saturated rings. The zero-order valence-corrected chi connectivity index (χ0v) is 13.6. The van der Waals surface area contributed by atoms with Crippen LogP contribution in [0.4, 0.5) is 0 Å². The minimum atomic E-state index is 0.279. The Morgan fingerprint density at radius 2 is 2.00 bits per heavy atom. The summed E-state index contributed by atoms with van der Waals surface area (Å²) in [6.45, 7) is 6.27. The van der Waals surface area contributed by atoms with E-state index in [1.54, 1.807) is 0 Å². The summed E-state index contributed by atoms with van der Waals surface area (Å²) in [7, 11) is 0. The highest BCUT2D eigenvalue weighted by molar-refractivity contribution is 9.11. The lowest BCUT2D eigenvalue weighted by molar-refractivity contribution is 0.166. The Morgan fingerprint density at radius 3 is 2.61 bits per heavy atom. The molecule has 0 unspecified atom stereocenters. The first-order valence-electron chi connectivity index (χ1n) is 6.26. The molecule has 1 aromatic carbocycles. The van der Waals surface area contributed by atoms with Crippen LogP contribution in [-0.2, 0) is 0 Å². The molecule has 18 heavy (non-hydrogen) atoms. The van der Waals surface area contributed by atoms with Crippen molar-refractivity contribution in [2.24, 2.45) is 0 Å². The van der Waals surface area contributed by atoms with E-state index in [0.717, 1.165) is 47.1 Å². The molecule has 5 heteroatoms. The van der Waals surface area contributed by atoms with Gasteiger partial charge in [0.15, 0.2) is 0 Å². The highest BCUT2D eigenvalue weighted by Gasteiger charge is 2.24. The number of aromatic hydroxyl groups is 1. The average molecular weight is 378 g/mol. The van der Waals surface area contributed by atoms with Crippen LogP contribution < -0.4 is 5.32 Å². The van der Waals surface area contributed by atoms with Crippen LogP contribution >= 0.6 is 31.9 Å². The quantitative estimate of drug-likeness (QED) is 0.848. The Balaban J connectivity index is 2.31. The van der Waals surface area contributed by atoms with Gasteiger partial charge in [0.25, 0.3) is 0 Å². The van der Waals surface area contributed by atoms with Gasteiger partial charge in [0.05, 0.1) is 4.47 Å². The second kappa shape index (κ2) is 6.37. The van der Waals surface area contributed by atoms with E-state index in [1.165, 1.54) is 0 Å². The maximum Gasteiger partial charge on any atom is 0.134 e. The van der Waals surface area contributed by atoms with Crippen molar-refractivity contribution in [2.75, 3.05) is 26.2 Å². The van der Waals surface area contributed by atoms with Crippen LogP contribution in [0, 0.1) is 0 Å². The minimum Gasteiger partial charge on any atom is -0.506 e. The topological polar surface area (TPSA) is 35.5 Å². The van der Waals surface area contributed by atoms with Crippen molar-refractivity contribution in [2.45, 2.75) is 19.4 Å². The second-order valence-corrected chi connectivity index (χ2v) is 6.31. The molecule has 1 heterocycles. The fourth-order valence-corrected chi connectivity index (χ4v) is 3.77. The van der Waals surface area contributed by atoms with E-state index in [0.29, 0.717) is 5.75 Å². The van der Waals surface area contributed by atoms with Crippen LogP contribution in [0.5, 0.6) is 5.75 Å². The maximum absolute atomic E-state index is 10.2. The molecule has 0 saturated carbocycles. The Hall–Kier alpha value is -0.100. The van der Waals surface area contributed by atoms with Crippen molar-refractivity contribution in [1.29, 1.82) is 0 Å². The van der Waals surface area contributed by atoms with Gasteiger partial charge in [-0.3, -0.25) is 4.90 Å². The number of rotatable bonds is 3. The molecule has 0 amide bonds. The lowest BCUT2D eigenvalue weighted by atomic mass is 10.0. The third-order valence-electron chi connectivity index (χ3n) is 3.40. The molecule has 100 valence electrons. The van der Waals surface area contributed by atoms with Crippen LogP contribution in [0.2, 0.25) is 0 Å². The SMILES string of the molecule is CC[C@H](c1cc(Br)cc(Br)c1O)N1CCNCC1. The van der Waals surface area contributed by atoms with Gasteiger partial charge in [-0.1, -0.05) is 22.9 Å². The number of piperazine rings is 1. The standard InChI is InChI=1S/C13H18Br2N2O/c1-2-12(17-5-3-16-4-6-17)10-7-9(14)8-11(15)13(10)18/h7-8,12,16,18H,2-6H2,1H3/t12-/m1/s1. The summed E-state index contributed by atoms with van der Waals surface area (Å²) in [6.07, 6.45) is 0.996. The first kappa shape index (κ1) is 14.3. The molecule has 1 aliphatic rings. The Kier molecular flexibility index (Phi) is 5.06. The second-order valence-electron chi connectivity index (χ2n) is 4.54. The first-order chi connectivity index (χ1) is 8.63. The summed E-state index contributed by atoms with van der Waals surface area (Å²) in [5.74, 6) is 0.364. The van der Waals surface area contributed by atoms with Gasteiger partial charge in [0.2, 0.25) is 0 Å². The van der Waals surface area contributed by atoms with E-state index < -0.39 is 0 Å². The van der Waals surface area contributed by atoms with Crippen molar-refractivity contribution in [1.82, 2.24) is 10.2 Å². The first-order valence-corrected chi connectivity index (χ1v) is 7.84. The summed E-state index contributed by atoms with van der Waals surface area (Å²) in [5.41, 5.74) is 1.00. The maximum atomic E-state index is 10.2. The third-order valence-corrected chi connectivity index (χ3v) is 4.46. The Labute approximate surface area is 125 Å². The zero-order chi connectivity index (χ0) is 13.1. The lowest BCUT2D eigenvalue weighted by Gasteiger charge is -2.35. The Bertz CT molecular complexity index is 420. The van der Waals surface area contributed by atoms with Gasteiger partial charge in [-0.25, -0.2) is 0 Å². The van der Waals surface area contributed by atoms with E-state index in [4.69, 9.17) is 0 Å². The van der Waals surface area contributed by atoms with Crippen LogP contribution in [0.3, 0.4) is 0 Å². The number of hydrogen-bond acceptors (Lipinski definition) is 3. The lowest BCUT2D eigenvalue weighted by Crippen LogP contribution is -2.45. The number of nitrogens with zero attached hydrogens (tertiary/aromatic N) is 1. The zero-order valence-electron chi connectivity index (χ0n) is 10.4. The number of benzene rings is 1. The van der Waals surface area contributed by atoms with Crippen LogP contribution in [0.15, 0.2) is 21.1 Å². The predicted molar refractivity (Wildman–Crippen MR) is 81.0 cm³/mol. The van der Waals surface area contributed by atoms with Gasteiger partial charge in [-0.15, -0.1) is 0 Å². The average Bonchev–Trinajstić information content (AvgIpc) is 2.37. The summed E-state index contributed by atoms with van der Waals surface area (Å²) in [5, 5.41) is 13.6. The van der Waals surface area contributed by atoms with Crippen molar-refractivity contribution >= 4 is 31.9 Å². The fourth-order valence-electron chi connectivity index (χ4n) is 2.51. The van der Waals surface area contributed by atoms with Gasteiger partial charge in [0, 0.05) is 42.3 Å². The monoisotopic (exact) mass is 376 g/mol.